The molecule has 1 N–H and O–H groups in total. The molecule has 0 amide bonds. The lowest BCUT2D eigenvalue weighted by Crippen LogP contribution is -1.92. The summed E-state index contributed by atoms with van der Waals surface area (Å²) in [7, 11) is 0. The molecule has 2 heterocycles. The van der Waals surface area contributed by atoms with E-state index in [1.165, 1.54) is 23.1 Å². The van der Waals surface area contributed by atoms with E-state index in [1.807, 2.05) is 22.9 Å². The van der Waals surface area contributed by atoms with Gasteiger partial charge in [0.05, 0.1) is 0 Å². The predicted octanol–water partition coefficient (Wildman–Crippen LogP) is 3.66. The minimum absolute atomic E-state index is 0.418. The number of aromatic carboxylic acids is 1. The van der Waals surface area contributed by atoms with Crippen LogP contribution in [0.25, 0.3) is 0 Å². The van der Waals surface area contributed by atoms with Gasteiger partial charge in [0.25, 0.3) is 0 Å². The highest BCUT2D eigenvalue weighted by atomic mass is 32.2. The second kappa shape index (κ2) is 4.16. The van der Waals surface area contributed by atoms with Crippen LogP contribution in [0.5, 0.6) is 0 Å². The number of carboxylic acids is 1. The lowest BCUT2D eigenvalue weighted by molar-refractivity contribution is 0.0699. The third-order valence-corrected chi connectivity index (χ3v) is 4.46. The van der Waals surface area contributed by atoms with Gasteiger partial charge in [-0.25, -0.2) is 4.79 Å². The maximum atomic E-state index is 10.8. The monoisotopic (exact) mass is 242 g/mol. The van der Waals surface area contributed by atoms with Crippen molar-refractivity contribution < 1.29 is 9.90 Å². The molecule has 2 rings (SSSR count). The highest BCUT2D eigenvalue weighted by molar-refractivity contribution is 7.99. The summed E-state index contributed by atoms with van der Waals surface area (Å²) in [5.41, 5.74) is 0. The summed E-state index contributed by atoms with van der Waals surface area (Å²) in [6, 6.07) is 3.83. The molecule has 2 aromatic heterocycles. The molecular weight excluding hydrogens is 236 g/mol. The van der Waals surface area contributed by atoms with E-state index in [-0.39, 0.29) is 0 Å². The summed E-state index contributed by atoms with van der Waals surface area (Å²) < 4.78 is 0. The van der Waals surface area contributed by atoms with E-state index in [9.17, 15) is 4.79 Å². The molecule has 0 radical (unpaired) electrons. The maximum absolute atomic E-state index is 10.8. The van der Waals surface area contributed by atoms with Gasteiger partial charge in [-0.1, -0.05) is 11.8 Å². The Bertz CT molecular complexity index is 431. The minimum Gasteiger partial charge on any atom is -0.477 e. The SMILES string of the molecule is O=C(O)c1sccc1Sc1ccsc1. The quantitative estimate of drug-likeness (QED) is 0.892. The molecule has 0 aliphatic heterocycles. The average molecular weight is 242 g/mol. The lowest BCUT2D eigenvalue weighted by Gasteiger charge is -1.96. The van der Waals surface area contributed by atoms with Gasteiger partial charge in [-0.05, 0) is 22.9 Å². The summed E-state index contributed by atoms with van der Waals surface area (Å²) in [5.74, 6) is -0.849. The van der Waals surface area contributed by atoms with Crippen LogP contribution in [-0.2, 0) is 0 Å². The van der Waals surface area contributed by atoms with Gasteiger partial charge in [0.1, 0.15) is 4.88 Å². The molecule has 0 fully saturated rings. The Morgan fingerprint density at radius 2 is 2.21 bits per heavy atom. The lowest BCUT2D eigenvalue weighted by atomic mass is 10.5. The van der Waals surface area contributed by atoms with Gasteiger partial charge in [0, 0.05) is 15.2 Å². The van der Waals surface area contributed by atoms with E-state index in [0.717, 1.165) is 9.79 Å². The summed E-state index contributed by atoms with van der Waals surface area (Å²) in [6.45, 7) is 0. The maximum Gasteiger partial charge on any atom is 0.347 e. The second-order valence-corrected chi connectivity index (χ2v) is 5.29. The molecule has 0 atom stereocenters. The van der Waals surface area contributed by atoms with Crippen molar-refractivity contribution in [3.8, 4) is 0 Å². The zero-order chi connectivity index (χ0) is 9.97. The number of carboxylic acid groups (broad SMARTS) is 1. The highest BCUT2D eigenvalue weighted by Gasteiger charge is 2.12. The molecule has 0 unspecified atom stereocenters. The van der Waals surface area contributed by atoms with E-state index in [0.29, 0.717) is 4.88 Å². The molecule has 72 valence electrons. The number of hydrogen-bond acceptors (Lipinski definition) is 4. The van der Waals surface area contributed by atoms with Gasteiger partial charge >= 0.3 is 5.97 Å². The number of hydrogen-bond donors (Lipinski definition) is 1. The van der Waals surface area contributed by atoms with Gasteiger partial charge in [-0.3, -0.25) is 0 Å². The van der Waals surface area contributed by atoms with Crippen LogP contribution >= 0.6 is 34.4 Å². The first-order chi connectivity index (χ1) is 6.77. The zero-order valence-corrected chi connectivity index (χ0v) is 9.42. The topological polar surface area (TPSA) is 37.3 Å². The molecular formula is C9H6O2S3. The molecule has 0 aliphatic rings. The van der Waals surface area contributed by atoms with Crippen LogP contribution in [0.3, 0.4) is 0 Å². The van der Waals surface area contributed by atoms with Crippen molar-refractivity contribution in [2.45, 2.75) is 9.79 Å². The minimum atomic E-state index is -0.849. The Morgan fingerprint density at radius 1 is 1.36 bits per heavy atom. The van der Waals surface area contributed by atoms with Crippen molar-refractivity contribution in [2.75, 3.05) is 0 Å². The largest absolute Gasteiger partial charge is 0.477 e. The van der Waals surface area contributed by atoms with Crippen LogP contribution in [-0.4, -0.2) is 11.1 Å². The van der Waals surface area contributed by atoms with Crippen molar-refractivity contribution in [1.29, 1.82) is 0 Å². The predicted molar refractivity (Wildman–Crippen MR) is 59.7 cm³/mol. The Morgan fingerprint density at radius 3 is 2.86 bits per heavy atom. The van der Waals surface area contributed by atoms with Crippen molar-refractivity contribution in [3.05, 3.63) is 33.2 Å². The second-order valence-electron chi connectivity index (χ2n) is 2.48. The van der Waals surface area contributed by atoms with Crippen LogP contribution in [0.4, 0.5) is 0 Å². The third kappa shape index (κ3) is 2.00. The van der Waals surface area contributed by atoms with Crippen molar-refractivity contribution in [2.24, 2.45) is 0 Å². The first kappa shape index (κ1) is 9.76. The van der Waals surface area contributed by atoms with E-state index < -0.39 is 5.97 Å². The van der Waals surface area contributed by atoms with Gasteiger partial charge in [0.15, 0.2) is 0 Å². The Labute approximate surface area is 93.2 Å². The molecule has 5 heteroatoms. The Balaban J connectivity index is 2.25. The molecule has 14 heavy (non-hydrogen) atoms. The summed E-state index contributed by atoms with van der Waals surface area (Å²) in [6.07, 6.45) is 0. The van der Waals surface area contributed by atoms with Gasteiger partial charge in [0.2, 0.25) is 0 Å². The zero-order valence-electron chi connectivity index (χ0n) is 6.97. The van der Waals surface area contributed by atoms with Crippen molar-refractivity contribution >= 4 is 40.4 Å². The van der Waals surface area contributed by atoms with Gasteiger partial charge in [-0.15, -0.1) is 11.3 Å². The van der Waals surface area contributed by atoms with Crippen molar-refractivity contribution in [3.63, 3.8) is 0 Å². The molecule has 0 saturated heterocycles. The van der Waals surface area contributed by atoms with Crippen LogP contribution in [0.15, 0.2) is 38.1 Å². The van der Waals surface area contributed by atoms with Crippen molar-refractivity contribution in [1.82, 2.24) is 0 Å². The molecule has 0 bridgehead atoms. The normalized spacial score (nSPS) is 10.3. The van der Waals surface area contributed by atoms with Gasteiger partial charge < -0.3 is 5.11 Å². The molecule has 0 saturated carbocycles. The number of thiophene rings is 2. The van der Waals surface area contributed by atoms with Crippen LogP contribution < -0.4 is 0 Å². The Kier molecular flexibility index (Phi) is 2.90. The standard InChI is InChI=1S/C9H6O2S3/c10-9(11)8-7(2-4-13-8)14-6-1-3-12-5-6/h1-5H,(H,10,11). The van der Waals surface area contributed by atoms with E-state index in [2.05, 4.69) is 0 Å². The van der Waals surface area contributed by atoms with Crippen LogP contribution in [0.1, 0.15) is 9.67 Å². The molecule has 0 aromatic carbocycles. The number of rotatable bonds is 3. The van der Waals surface area contributed by atoms with Crippen LogP contribution in [0.2, 0.25) is 0 Å². The van der Waals surface area contributed by atoms with Gasteiger partial charge in [-0.2, -0.15) is 11.3 Å². The molecule has 0 aliphatic carbocycles. The fraction of sp³-hybridized carbons (Fsp3) is 0. The molecule has 0 spiro atoms. The van der Waals surface area contributed by atoms with E-state index in [1.54, 1.807) is 16.7 Å². The van der Waals surface area contributed by atoms with E-state index in [4.69, 9.17) is 5.11 Å². The summed E-state index contributed by atoms with van der Waals surface area (Å²) >= 11 is 4.37. The molecule has 2 aromatic rings. The molecule has 2 nitrogen and oxygen atoms in total. The fourth-order valence-corrected chi connectivity index (χ4v) is 3.62. The Hall–Kier alpha value is -0.780. The first-order valence-electron chi connectivity index (χ1n) is 3.78. The smallest absolute Gasteiger partial charge is 0.347 e. The summed E-state index contributed by atoms with van der Waals surface area (Å²) in [4.78, 5) is 13.1. The first-order valence-corrected chi connectivity index (χ1v) is 6.42. The third-order valence-electron chi connectivity index (χ3n) is 1.55. The average Bonchev–Trinajstić information content (AvgIpc) is 2.75. The van der Waals surface area contributed by atoms with Crippen LogP contribution in [0, 0.1) is 0 Å². The highest BCUT2D eigenvalue weighted by Crippen LogP contribution is 2.34. The summed E-state index contributed by atoms with van der Waals surface area (Å²) in [5, 5.41) is 14.7. The van der Waals surface area contributed by atoms with E-state index >= 15 is 0 Å². The number of carbonyl (C=O) groups is 1. The fourth-order valence-electron chi connectivity index (χ4n) is 0.971.